The quantitative estimate of drug-likeness (QED) is 0.848. The molecule has 0 amide bonds. The van der Waals surface area contributed by atoms with Gasteiger partial charge in [-0.05, 0) is 29.8 Å². The van der Waals surface area contributed by atoms with Crippen LogP contribution in [0.3, 0.4) is 0 Å². The molecule has 2 heterocycles. The summed E-state index contributed by atoms with van der Waals surface area (Å²) in [7, 11) is 0. The van der Waals surface area contributed by atoms with E-state index in [9.17, 15) is 5.11 Å². The monoisotopic (exact) mass is 230 g/mol. The molecule has 0 fully saturated rings. The minimum Gasteiger partial charge on any atom is -0.491 e. The Kier molecular flexibility index (Phi) is 4.05. The van der Waals surface area contributed by atoms with Crippen molar-refractivity contribution < 1.29 is 9.84 Å². The van der Waals surface area contributed by atoms with Gasteiger partial charge in [-0.1, -0.05) is 0 Å². The minimum atomic E-state index is -0.0433. The Morgan fingerprint density at radius 1 is 1.12 bits per heavy atom. The normalized spacial score (nSPS) is 12.1. The summed E-state index contributed by atoms with van der Waals surface area (Å²) in [6.07, 6.45) is 6.77. The van der Waals surface area contributed by atoms with Crippen LogP contribution in [0, 0.1) is 0 Å². The van der Waals surface area contributed by atoms with E-state index < -0.39 is 0 Å². The van der Waals surface area contributed by atoms with Crippen molar-refractivity contribution in [2.75, 3.05) is 13.2 Å². The van der Waals surface area contributed by atoms with Crippen LogP contribution in [0.25, 0.3) is 0 Å². The number of nitrogens with zero attached hydrogens (tertiary/aromatic N) is 2. The summed E-state index contributed by atoms with van der Waals surface area (Å²) in [6.45, 7) is 0.469. The lowest BCUT2D eigenvalue weighted by molar-refractivity contribution is 0.204. The third kappa shape index (κ3) is 3.26. The minimum absolute atomic E-state index is 0.0433. The molecule has 4 heteroatoms. The number of hydrogen-bond acceptors (Lipinski definition) is 4. The lowest BCUT2D eigenvalue weighted by atomic mass is 10.0. The van der Waals surface area contributed by atoms with E-state index in [4.69, 9.17) is 4.74 Å². The molecule has 1 unspecified atom stereocenters. The van der Waals surface area contributed by atoms with Crippen molar-refractivity contribution >= 4 is 0 Å². The van der Waals surface area contributed by atoms with E-state index in [1.54, 1.807) is 24.8 Å². The third-order valence-electron chi connectivity index (χ3n) is 2.48. The number of hydrogen-bond donors (Lipinski definition) is 1. The molecule has 2 aromatic heterocycles. The van der Waals surface area contributed by atoms with E-state index in [0.29, 0.717) is 12.4 Å². The zero-order valence-electron chi connectivity index (χ0n) is 9.36. The van der Waals surface area contributed by atoms with Crippen LogP contribution in [0.4, 0.5) is 0 Å². The van der Waals surface area contributed by atoms with E-state index in [2.05, 4.69) is 9.97 Å². The SMILES string of the molecule is OCC(COc1cccnc1)c1ccncc1. The molecule has 0 aliphatic carbocycles. The fourth-order valence-electron chi connectivity index (χ4n) is 1.52. The van der Waals surface area contributed by atoms with Crippen LogP contribution in [0.15, 0.2) is 49.1 Å². The summed E-state index contributed by atoms with van der Waals surface area (Å²) >= 11 is 0. The molecule has 0 aromatic carbocycles. The maximum Gasteiger partial charge on any atom is 0.137 e. The third-order valence-corrected chi connectivity index (χ3v) is 2.48. The lowest BCUT2D eigenvalue weighted by Crippen LogP contribution is -2.14. The van der Waals surface area contributed by atoms with Crippen molar-refractivity contribution in [2.45, 2.75) is 5.92 Å². The molecule has 2 rings (SSSR count). The molecule has 0 saturated carbocycles. The Morgan fingerprint density at radius 2 is 1.94 bits per heavy atom. The second kappa shape index (κ2) is 5.96. The van der Waals surface area contributed by atoms with Crippen molar-refractivity contribution in [2.24, 2.45) is 0 Å². The van der Waals surface area contributed by atoms with Gasteiger partial charge in [0, 0.05) is 24.5 Å². The zero-order valence-corrected chi connectivity index (χ0v) is 9.36. The van der Waals surface area contributed by atoms with Crippen molar-refractivity contribution in [1.29, 1.82) is 0 Å². The van der Waals surface area contributed by atoms with Gasteiger partial charge in [0.2, 0.25) is 0 Å². The molecule has 0 aliphatic heterocycles. The molecule has 0 bridgehead atoms. The summed E-state index contributed by atoms with van der Waals surface area (Å²) < 4.78 is 5.57. The molecule has 1 N–H and O–H groups in total. The first-order chi connectivity index (χ1) is 8.40. The Hall–Kier alpha value is -1.94. The standard InChI is InChI=1S/C13H14N2O2/c16-9-12(11-3-6-14-7-4-11)10-17-13-2-1-5-15-8-13/h1-8,12,16H,9-10H2. The summed E-state index contributed by atoms with van der Waals surface area (Å²) in [6, 6.07) is 7.42. The molecular weight excluding hydrogens is 216 g/mol. The summed E-state index contributed by atoms with van der Waals surface area (Å²) in [5.41, 5.74) is 1.02. The van der Waals surface area contributed by atoms with Gasteiger partial charge in [0.1, 0.15) is 5.75 Å². The highest BCUT2D eigenvalue weighted by Gasteiger charge is 2.11. The van der Waals surface area contributed by atoms with Gasteiger partial charge in [-0.25, -0.2) is 0 Å². The number of aliphatic hydroxyl groups is 1. The second-order valence-electron chi connectivity index (χ2n) is 3.66. The van der Waals surface area contributed by atoms with Gasteiger partial charge >= 0.3 is 0 Å². The predicted molar refractivity (Wildman–Crippen MR) is 63.8 cm³/mol. The van der Waals surface area contributed by atoms with Gasteiger partial charge in [-0.2, -0.15) is 0 Å². The Bertz CT molecular complexity index is 434. The lowest BCUT2D eigenvalue weighted by Gasteiger charge is -2.15. The molecule has 17 heavy (non-hydrogen) atoms. The molecule has 2 aromatic rings. The number of ether oxygens (including phenoxy) is 1. The van der Waals surface area contributed by atoms with Crippen molar-refractivity contribution in [3.05, 3.63) is 54.6 Å². The average Bonchev–Trinajstić information content (AvgIpc) is 2.42. The highest BCUT2D eigenvalue weighted by Crippen LogP contribution is 2.16. The Morgan fingerprint density at radius 3 is 2.59 bits per heavy atom. The van der Waals surface area contributed by atoms with Gasteiger partial charge < -0.3 is 9.84 Å². The van der Waals surface area contributed by atoms with Crippen LogP contribution in [0.2, 0.25) is 0 Å². The first-order valence-electron chi connectivity index (χ1n) is 5.44. The van der Waals surface area contributed by atoms with Crippen LogP contribution in [0.1, 0.15) is 11.5 Å². The summed E-state index contributed by atoms with van der Waals surface area (Å²) in [5, 5.41) is 9.34. The van der Waals surface area contributed by atoms with Crippen LogP contribution in [-0.2, 0) is 0 Å². The molecule has 1 atom stereocenters. The van der Waals surface area contributed by atoms with E-state index in [1.165, 1.54) is 0 Å². The first-order valence-corrected chi connectivity index (χ1v) is 5.44. The van der Waals surface area contributed by atoms with Gasteiger partial charge in [-0.3, -0.25) is 9.97 Å². The average molecular weight is 230 g/mol. The zero-order chi connectivity index (χ0) is 11.9. The van der Waals surface area contributed by atoms with Gasteiger partial charge in [0.25, 0.3) is 0 Å². The van der Waals surface area contributed by atoms with E-state index in [1.807, 2.05) is 24.3 Å². The van der Waals surface area contributed by atoms with Crippen molar-refractivity contribution in [3.8, 4) is 5.75 Å². The Balaban J connectivity index is 1.97. The summed E-state index contributed by atoms with van der Waals surface area (Å²) in [5.74, 6) is 0.665. The maximum absolute atomic E-state index is 9.34. The molecule has 0 radical (unpaired) electrons. The molecule has 4 nitrogen and oxygen atoms in total. The van der Waals surface area contributed by atoms with Crippen molar-refractivity contribution in [3.63, 3.8) is 0 Å². The van der Waals surface area contributed by atoms with Gasteiger partial charge in [-0.15, -0.1) is 0 Å². The topological polar surface area (TPSA) is 55.2 Å². The fourth-order valence-corrected chi connectivity index (χ4v) is 1.52. The largest absolute Gasteiger partial charge is 0.491 e. The highest BCUT2D eigenvalue weighted by molar-refractivity contribution is 5.18. The highest BCUT2D eigenvalue weighted by atomic mass is 16.5. The number of aromatic nitrogens is 2. The van der Waals surface area contributed by atoms with Crippen LogP contribution >= 0.6 is 0 Å². The fraction of sp³-hybridized carbons (Fsp3) is 0.231. The van der Waals surface area contributed by atoms with Gasteiger partial charge in [0.15, 0.2) is 0 Å². The summed E-state index contributed by atoms with van der Waals surface area (Å²) in [4.78, 5) is 7.91. The molecule has 0 spiro atoms. The predicted octanol–water partition coefficient (Wildman–Crippen LogP) is 1.63. The number of rotatable bonds is 5. The number of aliphatic hydroxyl groups excluding tert-OH is 1. The van der Waals surface area contributed by atoms with Crippen LogP contribution < -0.4 is 4.74 Å². The molecular formula is C13H14N2O2. The molecule has 0 aliphatic rings. The van der Waals surface area contributed by atoms with Crippen molar-refractivity contribution in [1.82, 2.24) is 9.97 Å². The Labute approximate surface area is 99.9 Å². The van der Waals surface area contributed by atoms with Gasteiger partial charge in [0.05, 0.1) is 19.4 Å². The first kappa shape index (κ1) is 11.5. The maximum atomic E-state index is 9.34. The molecule has 0 saturated heterocycles. The van der Waals surface area contributed by atoms with E-state index in [-0.39, 0.29) is 12.5 Å². The van der Waals surface area contributed by atoms with Crippen LogP contribution in [-0.4, -0.2) is 28.3 Å². The smallest absolute Gasteiger partial charge is 0.137 e. The molecule has 88 valence electrons. The van der Waals surface area contributed by atoms with E-state index in [0.717, 1.165) is 5.56 Å². The second-order valence-corrected chi connectivity index (χ2v) is 3.66. The van der Waals surface area contributed by atoms with E-state index >= 15 is 0 Å². The van der Waals surface area contributed by atoms with Crippen LogP contribution in [0.5, 0.6) is 5.75 Å². The number of pyridine rings is 2.